The highest BCUT2D eigenvalue weighted by molar-refractivity contribution is 5.93. The molecule has 1 amide bonds. The van der Waals surface area contributed by atoms with Gasteiger partial charge in [0, 0.05) is 38.2 Å². The van der Waals surface area contributed by atoms with Gasteiger partial charge in [-0.25, -0.2) is 0 Å². The molecule has 1 N–H and O–H groups in total. The second-order valence-electron chi connectivity index (χ2n) is 9.10. The zero-order valence-electron chi connectivity index (χ0n) is 19.1. The average Bonchev–Trinajstić information content (AvgIpc) is 3.23. The number of nitrogens with one attached hydrogen (secondary N) is 1. The van der Waals surface area contributed by atoms with Gasteiger partial charge in [-0.3, -0.25) is 4.79 Å². The Labute approximate surface area is 189 Å². The van der Waals surface area contributed by atoms with Crippen molar-refractivity contribution >= 4 is 28.1 Å². The van der Waals surface area contributed by atoms with E-state index >= 15 is 0 Å². The van der Waals surface area contributed by atoms with E-state index in [0.717, 1.165) is 17.3 Å². The number of anilines is 2. The number of rotatable bonds is 4. The Morgan fingerprint density at radius 3 is 2.59 bits per heavy atom. The fourth-order valence-corrected chi connectivity index (χ4v) is 5.17. The monoisotopic (exact) mass is 427 g/mol. The van der Waals surface area contributed by atoms with Gasteiger partial charge in [0.25, 0.3) is 0 Å². The summed E-state index contributed by atoms with van der Waals surface area (Å²) in [5.74, 6) is 1.74. The van der Waals surface area contributed by atoms with E-state index in [-0.39, 0.29) is 17.4 Å². The third kappa shape index (κ3) is 3.11. The number of amides is 1. The predicted molar refractivity (Wildman–Crippen MR) is 130 cm³/mol. The molecule has 0 aromatic heterocycles. The Morgan fingerprint density at radius 2 is 1.81 bits per heavy atom. The minimum atomic E-state index is -0.176. The van der Waals surface area contributed by atoms with Gasteiger partial charge < -0.3 is 19.9 Å². The summed E-state index contributed by atoms with van der Waals surface area (Å²) in [6, 6.07) is 21.1. The first-order valence-corrected chi connectivity index (χ1v) is 11.1. The van der Waals surface area contributed by atoms with Crippen LogP contribution in [0, 0.1) is 0 Å². The largest absolute Gasteiger partial charge is 0.439 e. The molecule has 1 unspecified atom stereocenters. The number of hydrogen-bond donors (Lipinski definition) is 1. The van der Waals surface area contributed by atoms with Gasteiger partial charge in [-0.05, 0) is 40.6 Å². The van der Waals surface area contributed by atoms with Crippen molar-refractivity contribution < 1.29 is 9.53 Å². The van der Waals surface area contributed by atoms with Crippen LogP contribution in [0.1, 0.15) is 25.8 Å². The van der Waals surface area contributed by atoms with Gasteiger partial charge in [0.15, 0.2) is 11.6 Å². The maximum Gasteiger partial charge on any atom is 0.221 e. The fraction of sp³-hybridized carbons (Fsp3) is 0.296. The van der Waals surface area contributed by atoms with Gasteiger partial charge >= 0.3 is 0 Å². The zero-order valence-corrected chi connectivity index (χ0v) is 19.1. The summed E-state index contributed by atoms with van der Waals surface area (Å²) in [6.07, 6.45) is 2.66. The smallest absolute Gasteiger partial charge is 0.221 e. The van der Waals surface area contributed by atoms with Crippen molar-refractivity contribution in [3.8, 4) is 5.75 Å². The van der Waals surface area contributed by atoms with E-state index in [0.29, 0.717) is 13.0 Å². The third-order valence-corrected chi connectivity index (χ3v) is 6.87. The molecule has 5 rings (SSSR count). The molecule has 0 saturated heterocycles. The van der Waals surface area contributed by atoms with Crippen LogP contribution in [0.2, 0.25) is 0 Å². The van der Waals surface area contributed by atoms with Crippen molar-refractivity contribution in [3.05, 3.63) is 78.2 Å². The lowest BCUT2D eigenvalue weighted by Crippen LogP contribution is -2.42. The van der Waals surface area contributed by atoms with Crippen molar-refractivity contribution in [3.63, 3.8) is 0 Å². The lowest BCUT2D eigenvalue weighted by Gasteiger charge is -2.33. The van der Waals surface area contributed by atoms with E-state index in [2.05, 4.69) is 77.5 Å². The quantitative estimate of drug-likeness (QED) is 0.649. The molecular formula is C27H29N3O2. The van der Waals surface area contributed by atoms with E-state index < -0.39 is 0 Å². The summed E-state index contributed by atoms with van der Waals surface area (Å²) in [5.41, 5.74) is 3.41. The van der Waals surface area contributed by atoms with E-state index in [1.165, 1.54) is 22.0 Å². The average molecular weight is 428 g/mol. The summed E-state index contributed by atoms with van der Waals surface area (Å²) in [5, 5.41) is 5.26. The molecule has 0 aliphatic carbocycles. The number of carbonyl (C=O) groups is 1. The molecule has 32 heavy (non-hydrogen) atoms. The summed E-state index contributed by atoms with van der Waals surface area (Å²) in [7, 11) is 3.73. The molecule has 2 aliphatic rings. The number of fused-ring (bicyclic) bond motifs is 4. The van der Waals surface area contributed by atoms with Crippen molar-refractivity contribution in [2.45, 2.75) is 31.7 Å². The summed E-state index contributed by atoms with van der Waals surface area (Å²) >= 11 is 0. The fourth-order valence-electron chi connectivity index (χ4n) is 5.17. The Kier molecular flexibility index (Phi) is 4.85. The van der Waals surface area contributed by atoms with Crippen molar-refractivity contribution in [2.24, 2.45) is 0 Å². The first-order valence-electron chi connectivity index (χ1n) is 11.1. The summed E-state index contributed by atoms with van der Waals surface area (Å²) in [4.78, 5) is 16.6. The van der Waals surface area contributed by atoms with Gasteiger partial charge in [-0.15, -0.1) is 0 Å². The number of hydrogen-bond acceptors (Lipinski definition) is 4. The van der Waals surface area contributed by atoms with Gasteiger partial charge in [-0.1, -0.05) is 56.3 Å². The molecule has 0 spiro atoms. The lowest BCUT2D eigenvalue weighted by molar-refractivity contribution is -0.120. The SMILES string of the molecule is CNC(=O)CCN1c2ccc3ccccc3c2C(C)(C)C1C=C1Oc2ccccc2N1C. The summed E-state index contributed by atoms with van der Waals surface area (Å²) < 4.78 is 6.24. The van der Waals surface area contributed by atoms with Crippen molar-refractivity contribution in [1.29, 1.82) is 0 Å². The zero-order chi connectivity index (χ0) is 22.5. The minimum absolute atomic E-state index is 0.0414. The summed E-state index contributed by atoms with van der Waals surface area (Å²) in [6.45, 7) is 5.23. The Bertz CT molecular complexity index is 1230. The van der Waals surface area contributed by atoms with E-state index in [1.54, 1.807) is 7.05 Å². The maximum atomic E-state index is 12.1. The number of para-hydroxylation sites is 2. The molecule has 5 heteroatoms. The number of ether oxygens (including phenoxy) is 1. The first-order chi connectivity index (χ1) is 15.4. The Morgan fingerprint density at radius 1 is 1.06 bits per heavy atom. The van der Waals surface area contributed by atoms with Crippen LogP contribution >= 0.6 is 0 Å². The standard InChI is InChI=1S/C27H29N3O2/c1-27(2)23(17-25-29(4)20-11-7-8-12-22(20)32-25)30(16-15-24(31)28-3)21-14-13-18-9-5-6-10-19(18)26(21)27/h5-14,17,23H,15-16H2,1-4H3,(H,28,31). The molecule has 3 aromatic rings. The van der Waals surface area contributed by atoms with Crippen molar-refractivity contribution in [1.82, 2.24) is 5.32 Å². The van der Waals surface area contributed by atoms with Gasteiger partial charge in [0.1, 0.15) is 0 Å². The van der Waals surface area contributed by atoms with Gasteiger partial charge in [0.2, 0.25) is 5.91 Å². The van der Waals surface area contributed by atoms with Crippen LogP contribution in [0.5, 0.6) is 5.75 Å². The Hall–Kier alpha value is -3.47. The minimum Gasteiger partial charge on any atom is -0.439 e. The predicted octanol–water partition coefficient (Wildman–Crippen LogP) is 4.81. The van der Waals surface area contributed by atoms with Crippen LogP contribution in [0.25, 0.3) is 10.8 Å². The molecule has 0 bridgehead atoms. The number of carbonyl (C=O) groups excluding carboxylic acids is 1. The second kappa shape index (κ2) is 7.59. The highest BCUT2D eigenvalue weighted by Crippen LogP contribution is 2.50. The van der Waals surface area contributed by atoms with E-state index in [4.69, 9.17) is 4.74 Å². The van der Waals surface area contributed by atoms with Crippen LogP contribution in [-0.4, -0.2) is 32.6 Å². The molecule has 164 valence electrons. The van der Waals surface area contributed by atoms with E-state index in [1.807, 2.05) is 25.2 Å². The van der Waals surface area contributed by atoms with Crippen LogP contribution in [0.3, 0.4) is 0 Å². The van der Waals surface area contributed by atoms with Crippen LogP contribution in [-0.2, 0) is 10.2 Å². The molecule has 0 radical (unpaired) electrons. The molecule has 0 fully saturated rings. The Balaban J connectivity index is 1.61. The molecule has 2 aliphatic heterocycles. The number of benzene rings is 3. The molecule has 3 aromatic carbocycles. The van der Waals surface area contributed by atoms with Crippen molar-refractivity contribution in [2.75, 3.05) is 30.4 Å². The second-order valence-corrected chi connectivity index (χ2v) is 9.10. The topological polar surface area (TPSA) is 44.8 Å². The van der Waals surface area contributed by atoms with Crippen LogP contribution < -0.4 is 19.9 Å². The normalized spacial score (nSPS) is 19.8. The number of nitrogens with zero attached hydrogens (tertiary/aromatic N) is 2. The third-order valence-electron chi connectivity index (χ3n) is 6.87. The van der Waals surface area contributed by atoms with Crippen LogP contribution in [0.15, 0.2) is 72.6 Å². The highest BCUT2D eigenvalue weighted by atomic mass is 16.5. The maximum absolute atomic E-state index is 12.1. The highest BCUT2D eigenvalue weighted by Gasteiger charge is 2.45. The van der Waals surface area contributed by atoms with Crippen LogP contribution in [0.4, 0.5) is 11.4 Å². The molecule has 5 nitrogen and oxygen atoms in total. The van der Waals surface area contributed by atoms with Gasteiger partial charge in [-0.2, -0.15) is 0 Å². The molecule has 2 heterocycles. The molecule has 0 saturated carbocycles. The first kappa shape index (κ1) is 20.4. The lowest BCUT2D eigenvalue weighted by atomic mass is 9.78. The molecular weight excluding hydrogens is 398 g/mol. The van der Waals surface area contributed by atoms with E-state index in [9.17, 15) is 4.79 Å². The van der Waals surface area contributed by atoms with Gasteiger partial charge in [0.05, 0.1) is 11.7 Å². The molecule has 1 atom stereocenters.